The summed E-state index contributed by atoms with van der Waals surface area (Å²) in [6.07, 6.45) is 1.88. The number of benzene rings is 3. The molecule has 5 nitrogen and oxygen atoms in total. The van der Waals surface area contributed by atoms with Crippen LogP contribution in [0.3, 0.4) is 0 Å². The van der Waals surface area contributed by atoms with Crippen LogP contribution in [0, 0.1) is 0 Å². The van der Waals surface area contributed by atoms with Crippen molar-refractivity contribution in [3.05, 3.63) is 119 Å². The molecular formula is C28H28N4OS. The summed E-state index contributed by atoms with van der Waals surface area (Å²) < 4.78 is 0. The monoisotopic (exact) mass is 468 g/mol. The Kier molecular flexibility index (Phi) is 7.86. The summed E-state index contributed by atoms with van der Waals surface area (Å²) in [6.45, 7) is 6.22. The van der Waals surface area contributed by atoms with E-state index in [0.29, 0.717) is 31.7 Å². The maximum absolute atomic E-state index is 12.6. The molecule has 1 amide bonds. The van der Waals surface area contributed by atoms with Crippen LogP contribution in [0.2, 0.25) is 0 Å². The predicted molar refractivity (Wildman–Crippen MR) is 141 cm³/mol. The third kappa shape index (κ3) is 5.98. The lowest BCUT2D eigenvalue weighted by atomic mass is 10.1. The van der Waals surface area contributed by atoms with E-state index in [9.17, 15) is 4.79 Å². The molecule has 3 aromatic carbocycles. The van der Waals surface area contributed by atoms with Crippen LogP contribution in [-0.4, -0.2) is 17.4 Å². The van der Waals surface area contributed by atoms with Crippen molar-refractivity contribution in [1.82, 2.24) is 10.3 Å². The molecule has 0 atom stereocenters. The Balaban J connectivity index is 1.39. The smallest absolute Gasteiger partial charge is 0.251 e. The van der Waals surface area contributed by atoms with Crippen molar-refractivity contribution < 1.29 is 4.79 Å². The summed E-state index contributed by atoms with van der Waals surface area (Å²) in [6, 6.07) is 25.8. The van der Waals surface area contributed by atoms with Crippen LogP contribution in [0.15, 0.2) is 96.9 Å². The quantitative estimate of drug-likeness (QED) is 0.306. The molecule has 1 aromatic heterocycles. The van der Waals surface area contributed by atoms with Gasteiger partial charge in [-0.1, -0.05) is 72.8 Å². The van der Waals surface area contributed by atoms with Crippen LogP contribution >= 0.6 is 11.3 Å². The number of nitrogens with zero attached hydrogens (tertiary/aromatic N) is 2. The van der Waals surface area contributed by atoms with Crippen molar-refractivity contribution >= 4 is 22.4 Å². The fraction of sp³-hybridized carbons (Fsp3) is 0.143. The van der Waals surface area contributed by atoms with Gasteiger partial charge in [0.2, 0.25) is 0 Å². The van der Waals surface area contributed by atoms with E-state index >= 15 is 0 Å². The Morgan fingerprint density at radius 2 is 1.76 bits per heavy atom. The van der Waals surface area contributed by atoms with Crippen molar-refractivity contribution in [2.45, 2.75) is 19.6 Å². The topological polar surface area (TPSA) is 71.2 Å². The molecule has 0 spiro atoms. The fourth-order valence-corrected chi connectivity index (χ4v) is 4.50. The van der Waals surface area contributed by atoms with E-state index in [-0.39, 0.29) is 5.91 Å². The molecule has 0 fully saturated rings. The summed E-state index contributed by atoms with van der Waals surface area (Å²) in [5.74, 6) is -0.0972. The molecule has 0 aliphatic rings. The average Bonchev–Trinajstić information content (AvgIpc) is 3.38. The lowest BCUT2D eigenvalue weighted by Gasteiger charge is -2.20. The van der Waals surface area contributed by atoms with Gasteiger partial charge in [0.15, 0.2) is 5.13 Å². The first-order chi connectivity index (χ1) is 16.7. The van der Waals surface area contributed by atoms with E-state index in [2.05, 4.69) is 34.3 Å². The van der Waals surface area contributed by atoms with Gasteiger partial charge in [-0.3, -0.25) is 4.79 Å². The molecule has 0 saturated carbocycles. The maximum atomic E-state index is 12.6. The minimum atomic E-state index is -0.0972. The fourth-order valence-electron chi connectivity index (χ4n) is 3.65. The van der Waals surface area contributed by atoms with E-state index in [1.807, 2.05) is 72.8 Å². The Morgan fingerprint density at radius 3 is 2.50 bits per heavy atom. The van der Waals surface area contributed by atoms with Crippen LogP contribution in [0.5, 0.6) is 0 Å². The molecule has 0 aliphatic carbocycles. The zero-order chi connectivity index (χ0) is 23.8. The molecule has 4 rings (SSSR count). The number of hydrogen-bond acceptors (Lipinski definition) is 5. The maximum Gasteiger partial charge on any atom is 0.251 e. The van der Waals surface area contributed by atoms with Gasteiger partial charge in [-0.15, -0.1) is 17.9 Å². The molecule has 1 heterocycles. The van der Waals surface area contributed by atoms with E-state index in [1.165, 1.54) is 0 Å². The second kappa shape index (κ2) is 11.4. The largest absolute Gasteiger partial charge is 0.348 e. The van der Waals surface area contributed by atoms with Crippen molar-refractivity contribution in [3.63, 3.8) is 0 Å². The Bertz CT molecular complexity index is 1230. The number of nitrogens with two attached hydrogens (primary N) is 1. The van der Waals surface area contributed by atoms with Gasteiger partial charge in [0, 0.05) is 42.7 Å². The molecule has 6 heteroatoms. The number of thiazole rings is 1. The second-order valence-electron chi connectivity index (χ2n) is 7.95. The van der Waals surface area contributed by atoms with Gasteiger partial charge in [0.05, 0.1) is 5.69 Å². The minimum absolute atomic E-state index is 0.0972. The number of rotatable bonds is 10. The zero-order valence-corrected chi connectivity index (χ0v) is 19.8. The molecule has 0 aliphatic heterocycles. The zero-order valence-electron chi connectivity index (χ0n) is 19.0. The van der Waals surface area contributed by atoms with Crippen molar-refractivity contribution in [2.24, 2.45) is 5.73 Å². The molecule has 0 bridgehead atoms. The van der Waals surface area contributed by atoms with Gasteiger partial charge in [0.25, 0.3) is 5.91 Å². The van der Waals surface area contributed by atoms with Gasteiger partial charge in [-0.05, 0) is 28.8 Å². The van der Waals surface area contributed by atoms with Crippen LogP contribution in [0.4, 0.5) is 5.13 Å². The van der Waals surface area contributed by atoms with Gasteiger partial charge in [-0.2, -0.15) is 0 Å². The van der Waals surface area contributed by atoms with Gasteiger partial charge >= 0.3 is 0 Å². The molecule has 0 unspecified atom stereocenters. The lowest BCUT2D eigenvalue weighted by Crippen LogP contribution is -2.24. The third-order valence-corrected chi connectivity index (χ3v) is 6.35. The summed E-state index contributed by atoms with van der Waals surface area (Å²) in [4.78, 5) is 19.6. The van der Waals surface area contributed by atoms with Gasteiger partial charge < -0.3 is 16.0 Å². The van der Waals surface area contributed by atoms with Crippen molar-refractivity contribution in [1.29, 1.82) is 0 Å². The van der Waals surface area contributed by atoms with Gasteiger partial charge in [0.1, 0.15) is 0 Å². The van der Waals surface area contributed by atoms with E-state index < -0.39 is 0 Å². The highest BCUT2D eigenvalue weighted by molar-refractivity contribution is 7.14. The van der Waals surface area contributed by atoms with Crippen molar-refractivity contribution in [2.75, 3.05) is 11.4 Å². The van der Waals surface area contributed by atoms with Crippen LogP contribution in [0.1, 0.15) is 27.0 Å². The highest BCUT2D eigenvalue weighted by atomic mass is 32.1. The highest BCUT2D eigenvalue weighted by Gasteiger charge is 2.13. The van der Waals surface area contributed by atoms with Crippen molar-refractivity contribution in [3.8, 4) is 11.3 Å². The van der Waals surface area contributed by atoms with Crippen LogP contribution in [0.25, 0.3) is 11.3 Å². The lowest BCUT2D eigenvalue weighted by molar-refractivity contribution is 0.0951. The first kappa shape index (κ1) is 23.4. The summed E-state index contributed by atoms with van der Waals surface area (Å²) in [5.41, 5.74) is 11.6. The van der Waals surface area contributed by atoms with Crippen LogP contribution < -0.4 is 16.0 Å². The van der Waals surface area contributed by atoms with Crippen LogP contribution in [-0.2, 0) is 19.6 Å². The molecule has 0 radical (unpaired) electrons. The SMILES string of the molecule is C=CCN(Cc1ccc(C(=O)NCc2cccc(CN)c2)cc1)c1nc(-c2ccccc2)cs1. The molecule has 0 saturated heterocycles. The summed E-state index contributed by atoms with van der Waals surface area (Å²) >= 11 is 1.62. The molecule has 34 heavy (non-hydrogen) atoms. The number of nitrogens with one attached hydrogen (secondary N) is 1. The molecular weight excluding hydrogens is 440 g/mol. The first-order valence-corrected chi connectivity index (χ1v) is 12.1. The number of aromatic nitrogens is 1. The average molecular weight is 469 g/mol. The number of carbonyl (C=O) groups is 1. The normalized spacial score (nSPS) is 10.6. The van der Waals surface area contributed by atoms with Gasteiger partial charge in [-0.25, -0.2) is 4.98 Å². The molecule has 4 aromatic rings. The standard InChI is InChI=1S/C28H28N4OS/c1-2-15-32(28-31-26(20-34-28)24-9-4-3-5-10-24)19-21-11-13-25(14-12-21)27(33)30-18-23-8-6-7-22(16-23)17-29/h2-14,16,20H,1,15,17-19,29H2,(H,30,33). The van der Waals surface area contributed by atoms with E-state index in [0.717, 1.165) is 33.1 Å². The number of anilines is 1. The Morgan fingerprint density at radius 1 is 1.00 bits per heavy atom. The minimum Gasteiger partial charge on any atom is -0.348 e. The van der Waals surface area contributed by atoms with E-state index in [4.69, 9.17) is 10.7 Å². The number of carbonyl (C=O) groups excluding carboxylic acids is 1. The Hall–Kier alpha value is -3.74. The summed E-state index contributed by atoms with van der Waals surface area (Å²) in [7, 11) is 0. The third-order valence-electron chi connectivity index (χ3n) is 5.45. The number of hydrogen-bond donors (Lipinski definition) is 2. The molecule has 3 N–H and O–H groups in total. The first-order valence-electron chi connectivity index (χ1n) is 11.2. The van der Waals surface area contributed by atoms with E-state index in [1.54, 1.807) is 11.3 Å². The highest BCUT2D eigenvalue weighted by Crippen LogP contribution is 2.28. The molecule has 172 valence electrons. The Labute approximate surface area is 204 Å². The second-order valence-corrected chi connectivity index (χ2v) is 8.79. The summed E-state index contributed by atoms with van der Waals surface area (Å²) in [5, 5.41) is 6.00. The number of amides is 1. The predicted octanol–water partition coefficient (Wildman–Crippen LogP) is 5.39.